The zero-order valence-corrected chi connectivity index (χ0v) is 12.8. The quantitative estimate of drug-likeness (QED) is 0.468. The van der Waals surface area contributed by atoms with E-state index in [-0.39, 0.29) is 5.82 Å². The van der Waals surface area contributed by atoms with E-state index in [1.807, 2.05) is 30.1 Å². The van der Waals surface area contributed by atoms with Gasteiger partial charge in [-0.2, -0.15) is 0 Å². The summed E-state index contributed by atoms with van der Waals surface area (Å²) in [6.07, 6.45) is 6.51. The van der Waals surface area contributed by atoms with E-state index in [0.29, 0.717) is 6.54 Å². The molecule has 22 heavy (non-hydrogen) atoms. The van der Waals surface area contributed by atoms with Crippen molar-refractivity contribution in [2.45, 2.75) is 26.4 Å². The van der Waals surface area contributed by atoms with Crippen molar-refractivity contribution >= 4 is 5.96 Å². The summed E-state index contributed by atoms with van der Waals surface area (Å²) in [5, 5.41) is 6.47. The highest BCUT2D eigenvalue weighted by Crippen LogP contribution is 2.04. The molecule has 1 aromatic heterocycles. The van der Waals surface area contributed by atoms with Gasteiger partial charge in [0.25, 0.3) is 0 Å². The summed E-state index contributed by atoms with van der Waals surface area (Å²) in [6, 6.07) is 6.51. The molecule has 6 heteroatoms. The van der Waals surface area contributed by atoms with Gasteiger partial charge in [-0.3, -0.25) is 0 Å². The predicted molar refractivity (Wildman–Crippen MR) is 86.1 cm³/mol. The maximum absolute atomic E-state index is 13.1. The molecule has 0 fully saturated rings. The van der Waals surface area contributed by atoms with Gasteiger partial charge in [-0.25, -0.2) is 14.4 Å². The third-order valence-corrected chi connectivity index (χ3v) is 3.10. The molecule has 0 saturated heterocycles. The van der Waals surface area contributed by atoms with Crippen molar-refractivity contribution in [3.05, 3.63) is 54.4 Å². The third kappa shape index (κ3) is 5.55. The van der Waals surface area contributed by atoms with E-state index in [4.69, 9.17) is 0 Å². The first-order chi connectivity index (χ1) is 10.8. The zero-order chi connectivity index (χ0) is 15.6. The topological polar surface area (TPSA) is 54.2 Å². The molecule has 0 unspecified atom stereocenters. The standard InChI is InChI=1S/C16H22FN5/c1-2-19-16(20-7-4-9-22-10-8-18-13-22)21-12-14-5-3-6-15(17)11-14/h3,5-6,8,10-11,13H,2,4,7,9,12H2,1H3,(H2,19,20,21). The highest BCUT2D eigenvalue weighted by Gasteiger charge is 1.99. The Hall–Kier alpha value is -2.37. The lowest BCUT2D eigenvalue weighted by Gasteiger charge is -2.11. The second kappa shape index (κ2) is 8.81. The summed E-state index contributed by atoms with van der Waals surface area (Å²) in [7, 11) is 0. The number of halogens is 1. The van der Waals surface area contributed by atoms with Crippen LogP contribution in [-0.2, 0) is 13.1 Å². The van der Waals surface area contributed by atoms with Gasteiger partial charge in [0.1, 0.15) is 5.82 Å². The van der Waals surface area contributed by atoms with Crippen LogP contribution < -0.4 is 10.6 Å². The molecule has 0 aliphatic carbocycles. The van der Waals surface area contributed by atoms with Crippen LogP contribution in [0.3, 0.4) is 0 Å². The fourth-order valence-corrected chi connectivity index (χ4v) is 2.03. The summed E-state index contributed by atoms with van der Waals surface area (Å²) in [4.78, 5) is 8.48. The Kier molecular flexibility index (Phi) is 6.41. The lowest BCUT2D eigenvalue weighted by atomic mass is 10.2. The molecule has 0 bridgehead atoms. The van der Waals surface area contributed by atoms with E-state index < -0.39 is 0 Å². The van der Waals surface area contributed by atoms with E-state index in [1.165, 1.54) is 12.1 Å². The van der Waals surface area contributed by atoms with Gasteiger partial charge >= 0.3 is 0 Å². The van der Waals surface area contributed by atoms with Crippen molar-refractivity contribution in [1.82, 2.24) is 20.2 Å². The molecule has 2 aromatic rings. The number of aromatic nitrogens is 2. The van der Waals surface area contributed by atoms with Crippen molar-refractivity contribution in [1.29, 1.82) is 0 Å². The minimum atomic E-state index is -0.231. The van der Waals surface area contributed by atoms with Gasteiger partial charge in [-0.05, 0) is 31.0 Å². The number of guanidine groups is 1. The van der Waals surface area contributed by atoms with E-state index in [2.05, 4.69) is 20.6 Å². The van der Waals surface area contributed by atoms with Crippen molar-refractivity contribution in [2.24, 2.45) is 4.99 Å². The minimum Gasteiger partial charge on any atom is -0.357 e. The van der Waals surface area contributed by atoms with Gasteiger partial charge < -0.3 is 15.2 Å². The number of nitrogens with zero attached hydrogens (tertiary/aromatic N) is 3. The van der Waals surface area contributed by atoms with Crippen LogP contribution in [0.1, 0.15) is 18.9 Å². The lowest BCUT2D eigenvalue weighted by Crippen LogP contribution is -2.38. The Morgan fingerprint density at radius 1 is 1.36 bits per heavy atom. The van der Waals surface area contributed by atoms with Crippen LogP contribution in [0.15, 0.2) is 48.0 Å². The highest BCUT2D eigenvalue weighted by molar-refractivity contribution is 5.79. The van der Waals surface area contributed by atoms with E-state index >= 15 is 0 Å². The largest absolute Gasteiger partial charge is 0.357 e. The maximum atomic E-state index is 13.1. The van der Waals surface area contributed by atoms with E-state index in [0.717, 1.165) is 37.6 Å². The molecule has 0 aliphatic heterocycles. The molecule has 118 valence electrons. The number of benzene rings is 1. The molecule has 5 nitrogen and oxygen atoms in total. The summed E-state index contributed by atoms with van der Waals surface area (Å²) < 4.78 is 15.2. The molecule has 0 spiro atoms. The minimum absolute atomic E-state index is 0.231. The van der Waals surface area contributed by atoms with Gasteiger partial charge in [0.2, 0.25) is 0 Å². The smallest absolute Gasteiger partial charge is 0.191 e. The highest BCUT2D eigenvalue weighted by atomic mass is 19.1. The molecule has 2 N–H and O–H groups in total. The molecular weight excluding hydrogens is 281 g/mol. The van der Waals surface area contributed by atoms with Crippen LogP contribution in [0.25, 0.3) is 0 Å². The first-order valence-corrected chi connectivity index (χ1v) is 7.50. The molecule has 0 radical (unpaired) electrons. The third-order valence-electron chi connectivity index (χ3n) is 3.10. The van der Waals surface area contributed by atoms with Crippen LogP contribution >= 0.6 is 0 Å². The Labute approximate surface area is 130 Å². The van der Waals surface area contributed by atoms with Crippen LogP contribution in [-0.4, -0.2) is 28.6 Å². The monoisotopic (exact) mass is 303 g/mol. The molecular formula is C16H22FN5. The van der Waals surface area contributed by atoms with E-state index in [9.17, 15) is 4.39 Å². The number of aryl methyl sites for hydroxylation is 1. The normalized spacial score (nSPS) is 11.5. The maximum Gasteiger partial charge on any atom is 0.191 e. The molecule has 1 aromatic carbocycles. The van der Waals surface area contributed by atoms with Crippen LogP contribution in [0, 0.1) is 5.82 Å². The van der Waals surface area contributed by atoms with Crippen molar-refractivity contribution in [3.8, 4) is 0 Å². The van der Waals surface area contributed by atoms with Gasteiger partial charge in [0, 0.05) is 32.0 Å². The molecule has 0 atom stereocenters. The Morgan fingerprint density at radius 3 is 3.00 bits per heavy atom. The van der Waals surface area contributed by atoms with Crippen molar-refractivity contribution < 1.29 is 4.39 Å². The Balaban J connectivity index is 1.79. The second-order valence-electron chi connectivity index (χ2n) is 4.91. The van der Waals surface area contributed by atoms with Gasteiger partial charge in [-0.1, -0.05) is 12.1 Å². The SMILES string of the molecule is CCNC(=NCc1cccc(F)c1)NCCCn1ccnc1. The first kappa shape index (κ1) is 16.0. The second-order valence-corrected chi connectivity index (χ2v) is 4.91. The molecule has 0 aliphatic rings. The van der Waals surface area contributed by atoms with Gasteiger partial charge in [0.15, 0.2) is 5.96 Å². The fourth-order valence-electron chi connectivity index (χ4n) is 2.03. The molecule has 1 heterocycles. The predicted octanol–water partition coefficient (Wildman–Crippen LogP) is 2.17. The fraction of sp³-hybridized carbons (Fsp3) is 0.375. The summed E-state index contributed by atoms with van der Waals surface area (Å²) >= 11 is 0. The summed E-state index contributed by atoms with van der Waals surface area (Å²) in [5.41, 5.74) is 0.857. The van der Waals surface area contributed by atoms with Crippen LogP contribution in [0.5, 0.6) is 0 Å². The first-order valence-electron chi connectivity index (χ1n) is 7.50. The van der Waals surface area contributed by atoms with Gasteiger partial charge in [-0.15, -0.1) is 0 Å². The summed E-state index contributed by atoms with van der Waals surface area (Å²) in [5.74, 6) is 0.517. The molecule has 0 amide bonds. The van der Waals surface area contributed by atoms with E-state index in [1.54, 1.807) is 12.3 Å². The zero-order valence-electron chi connectivity index (χ0n) is 12.8. The Bertz CT molecular complexity index is 580. The number of rotatable bonds is 7. The average Bonchev–Trinajstić information content (AvgIpc) is 3.02. The molecule has 2 rings (SSSR count). The number of nitrogens with one attached hydrogen (secondary N) is 2. The number of hydrogen-bond acceptors (Lipinski definition) is 2. The number of imidazole rings is 1. The van der Waals surface area contributed by atoms with Crippen LogP contribution in [0.4, 0.5) is 4.39 Å². The number of aliphatic imine (C=N–C) groups is 1. The lowest BCUT2D eigenvalue weighted by molar-refractivity contribution is 0.623. The van der Waals surface area contributed by atoms with Crippen LogP contribution in [0.2, 0.25) is 0 Å². The van der Waals surface area contributed by atoms with Crippen molar-refractivity contribution in [3.63, 3.8) is 0 Å². The Morgan fingerprint density at radius 2 is 2.27 bits per heavy atom. The van der Waals surface area contributed by atoms with Gasteiger partial charge in [0.05, 0.1) is 12.9 Å². The summed E-state index contributed by atoms with van der Waals surface area (Å²) in [6.45, 7) is 4.99. The number of hydrogen-bond donors (Lipinski definition) is 2. The van der Waals surface area contributed by atoms with Crippen molar-refractivity contribution in [2.75, 3.05) is 13.1 Å². The molecule has 0 saturated carbocycles. The average molecular weight is 303 g/mol.